The van der Waals surface area contributed by atoms with Crippen molar-refractivity contribution in [2.45, 2.75) is 58.4 Å². The molecule has 6 heteroatoms. The van der Waals surface area contributed by atoms with Crippen molar-refractivity contribution in [2.24, 2.45) is 12.0 Å². The van der Waals surface area contributed by atoms with Crippen LogP contribution in [0.3, 0.4) is 0 Å². The summed E-state index contributed by atoms with van der Waals surface area (Å²) in [5.74, 6) is 1.72. The maximum absolute atomic E-state index is 4.21. The molecule has 0 radical (unpaired) electrons. The molecule has 0 aliphatic heterocycles. The maximum Gasteiger partial charge on any atom is 0.191 e. The molecule has 6 nitrogen and oxygen atoms in total. The van der Waals surface area contributed by atoms with Crippen molar-refractivity contribution in [3.8, 4) is 0 Å². The highest BCUT2D eigenvalue weighted by atomic mass is 15.3. The Balaban J connectivity index is 2.05. The van der Waals surface area contributed by atoms with Crippen molar-refractivity contribution < 1.29 is 0 Å². The van der Waals surface area contributed by atoms with Gasteiger partial charge in [-0.05, 0) is 6.42 Å². The first-order valence-electron chi connectivity index (χ1n) is 8.05. The summed E-state index contributed by atoms with van der Waals surface area (Å²) in [5.41, 5.74) is 0. The van der Waals surface area contributed by atoms with E-state index in [4.69, 9.17) is 0 Å². The number of aromatic nitrogens is 3. The quantitative estimate of drug-likeness (QED) is 0.394. The Bertz CT molecular complexity index is 399. The predicted molar refractivity (Wildman–Crippen MR) is 87.2 cm³/mol. The first-order valence-corrected chi connectivity index (χ1v) is 8.05. The van der Waals surface area contributed by atoms with Gasteiger partial charge in [-0.25, -0.2) is 4.98 Å². The molecule has 0 aromatic carbocycles. The molecular weight excluding hydrogens is 264 g/mol. The van der Waals surface area contributed by atoms with Gasteiger partial charge >= 0.3 is 0 Å². The van der Waals surface area contributed by atoms with E-state index in [0.29, 0.717) is 6.54 Å². The Labute approximate surface area is 128 Å². The highest BCUT2D eigenvalue weighted by Gasteiger charge is 2.02. The van der Waals surface area contributed by atoms with Gasteiger partial charge in [-0.1, -0.05) is 45.4 Å². The van der Waals surface area contributed by atoms with Crippen LogP contribution in [0.1, 0.15) is 57.7 Å². The minimum absolute atomic E-state index is 0.632. The molecule has 120 valence electrons. The Morgan fingerprint density at radius 2 is 1.86 bits per heavy atom. The van der Waals surface area contributed by atoms with E-state index in [-0.39, 0.29) is 0 Å². The van der Waals surface area contributed by atoms with Crippen molar-refractivity contribution in [3.63, 3.8) is 0 Å². The molecule has 0 fully saturated rings. The van der Waals surface area contributed by atoms with Gasteiger partial charge in [0.05, 0.1) is 6.54 Å². The topological polar surface area (TPSA) is 67.1 Å². The van der Waals surface area contributed by atoms with Gasteiger partial charge in [-0.2, -0.15) is 5.10 Å². The van der Waals surface area contributed by atoms with E-state index in [2.05, 4.69) is 32.6 Å². The third-order valence-corrected chi connectivity index (χ3v) is 3.52. The van der Waals surface area contributed by atoms with Gasteiger partial charge in [0.15, 0.2) is 5.96 Å². The van der Waals surface area contributed by atoms with Crippen molar-refractivity contribution in [2.75, 3.05) is 13.6 Å². The molecule has 0 bridgehead atoms. The van der Waals surface area contributed by atoms with E-state index < -0.39 is 0 Å². The first-order chi connectivity index (χ1) is 10.3. The SMILES string of the molecule is CCCCCCCCCNC(=NC)NCc1ncnn1C. The zero-order chi connectivity index (χ0) is 15.3. The molecule has 0 aliphatic carbocycles. The number of aryl methyl sites for hydroxylation is 1. The molecule has 1 aromatic rings. The minimum atomic E-state index is 0.632. The van der Waals surface area contributed by atoms with Crippen LogP contribution in [0, 0.1) is 0 Å². The third-order valence-electron chi connectivity index (χ3n) is 3.52. The molecule has 1 rings (SSSR count). The van der Waals surface area contributed by atoms with Gasteiger partial charge in [0, 0.05) is 20.6 Å². The van der Waals surface area contributed by atoms with Crippen LogP contribution >= 0.6 is 0 Å². The van der Waals surface area contributed by atoms with Crippen molar-refractivity contribution >= 4 is 5.96 Å². The number of aliphatic imine (C=N–C) groups is 1. The predicted octanol–water partition coefficient (Wildman–Crippen LogP) is 2.23. The zero-order valence-electron chi connectivity index (χ0n) is 13.7. The number of hydrogen-bond acceptors (Lipinski definition) is 3. The standard InChI is InChI=1S/C15H30N6/c1-4-5-6-7-8-9-10-11-17-15(16-2)18-12-14-19-13-20-21(14)3/h13H,4-12H2,1-3H3,(H2,16,17,18). The normalized spacial score (nSPS) is 11.7. The molecule has 0 saturated carbocycles. The van der Waals surface area contributed by atoms with Gasteiger partial charge in [-0.15, -0.1) is 0 Å². The molecule has 0 amide bonds. The van der Waals surface area contributed by atoms with E-state index in [0.717, 1.165) is 18.3 Å². The van der Waals surface area contributed by atoms with E-state index in [9.17, 15) is 0 Å². The summed E-state index contributed by atoms with van der Waals surface area (Å²) in [6.07, 6.45) is 10.8. The highest BCUT2D eigenvalue weighted by Crippen LogP contribution is 2.06. The average molecular weight is 294 g/mol. The molecule has 1 aromatic heterocycles. The second kappa shape index (κ2) is 11.1. The summed E-state index contributed by atoms with van der Waals surface area (Å²) in [6, 6.07) is 0. The molecule has 0 aliphatic rings. The fraction of sp³-hybridized carbons (Fsp3) is 0.800. The number of unbranched alkanes of at least 4 members (excludes halogenated alkanes) is 6. The molecular formula is C15H30N6. The average Bonchev–Trinajstić information content (AvgIpc) is 2.90. The van der Waals surface area contributed by atoms with Crippen molar-refractivity contribution in [1.82, 2.24) is 25.4 Å². The summed E-state index contributed by atoms with van der Waals surface area (Å²) < 4.78 is 1.76. The molecule has 1 heterocycles. The molecule has 0 spiro atoms. The number of nitrogens with zero attached hydrogens (tertiary/aromatic N) is 4. The molecule has 0 unspecified atom stereocenters. The fourth-order valence-corrected chi connectivity index (χ4v) is 2.15. The van der Waals surface area contributed by atoms with Crippen LogP contribution in [0.15, 0.2) is 11.3 Å². The van der Waals surface area contributed by atoms with Crippen LogP contribution in [-0.4, -0.2) is 34.3 Å². The highest BCUT2D eigenvalue weighted by molar-refractivity contribution is 5.79. The van der Waals surface area contributed by atoms with Crippen LogP contribution in [0.25, 0.3) is 0 Å². The third kappa shape index (κ3) is 7.68. The Morgan fingerprint density at radius 3 is 2.48 bits per heavy atom. The van der Waals surface area contributed by atoms with Gasteiger partial charge in [0.25, 0.3) is 0 Å². The summed E-state index contributed by atoms with van der Waals surface area (Å²) in [5, 5.41) is 10.6. The number of hydrogen-bond donors (Lipinski definition) is 2. The lowest BCUT2D eigenvalue weighted by Crippen LogP contribution is -2.37. The number of guanidine groups is 1. The lowest BCUT2D eigenvalue weighted by atomic mass is 10.1. The Kier molecular flexibility index (Phi) is 9.24. The van der Waals surface area contributed by atoms with Gasteiger partial charge in [0.2, 0.25) is 0 Å². The number of rotatable bonds is 10. The van der Waals surface area contributed by atoms with Crippen LogP contribution in [0.4, 0.5) is 0 Å². The summed E-state index contributed by atoms with van der Waals surface area (Å²) in [4.78, 5) is 8.39. The molecule has 0 atom stereocenters. The lowest BCUT2D eigenvalue weighted by Gasteiger charge is -2.11. The van der Waals surface area contributed by atoms with Gasteiger partial charge in [-0.3, -0.25) is 9.67 Å². The summed E-state index contributed by atoms with van der Waals surface area (Å²) in [7, 11) is 3.68. The van der Waals surface area contributed by atoms with E-state index in [1.54, 1.807) is 18.1 Å². The smallest absolute Gasteiger partial charge is 0.191 e. The van der Waals surface area contributed by atoms with Crippen LogP contribution in [0.5, 0.6) is 0 Å². The minimum Gasteiger partial charge on any atom is -0.356 e. The van der Waals surface area contributed by atoms with Crippen LogP contribution in [-0.2, 0) is 13.6 Å². The van der Waals surface area contributed by atoms with E-state index >= 15 is 0 Å². The summed E-state index contributed by atoms with van der Waals surface area (Å²) in [6.45, 7) is 3.85. The van der Waals surface area contributed by atoms with Crippen LogP contribution in [0.2, 0.25) is 0 Å². The fourth-order valence-electron chi connectivity index (χ4n) is 2.15. The van der Waals surface area contributed by atoms with E-state index in [1.165, 1.54) is 44.9 Å². The first kappa shape index (κ1) is 17.5. The summed E-state index contributed by atoms with van der Waals surface area (Å²) >= 11 is 0. The van der Waals surface area contributed by atoms with Crippen molar-refractivity contribution in [3.05, 3.63) is 12.2 Å². The molecule has 21 heavy (non-hydrogen) atoms. The van der Waals surface area contributed by atoms with E-state index in [1.807, 2.05) is 7.05 Å². The maximum atomic E-state index is 4.21. The van der Waals surface area contributed by atoms with Crippen LogP contribution < -0.4 is 10.6 Å². The van der Waals surface area contributed by atoms with Gasteiger partial charge in [0.1, 0.15) is 12.2 Å². The number of nitrogens with one attached hydrogen (secondary N) is 2. The molecule has 0 saturated heterocycles. The second-order valence-corrected chi connectivity index (χ2v) is 5.27. The van der Waals surface area contributed by atoms with Gasteiger partial charge < -0.3 is 10.6 Å². The largest absolute Gasteiger partial charge is 0.356 e. The Hall–Kier alpha value is -1.59. The Morgan fingerprint density at radius 1 is 1.14 bits per heavy atom. The lowest BCUT2D eigenvalue weighted by molar-refractivity contribution is 0.583. The zero-order valence-corrected chi connectivity index (χ0v) is 13.7. The monoisotopic (exact) mass is 294 g/mol. The molecule has 2 N–H and O–H groups in total. The van der Waals surface area contributed by atoms with Crippen molar-refractivity contribution in [1.29, 1.82) is 0 Å². The second-order valence-electron chi connectivity index (χ2n) is 5.27.